The van der Waals surface area contributed by atoms with Crippen molar-refractivity contribution in [1.82, 2.24) is 4.90 Å². The zero-order valence-corrected chi connectivity index (χ0v) is 17.8. The molecule has 3 unspecified atom stereocenters. The van der Waals surface area contributed by atoms with Crippen molar-refractivity contribution in [3.8, 4) is 5.75 Å². The number of rotatable bonds is 6. The molecule has 7 rings (SSSR count). The van der Waals surface area contributed by atoms with Gasteiger partial charge in [-0.1, -0.05) is 0 Å². The summed E-state index contributed by atoms with van der Waals surface area (Å²) in [6.07, 6.45) is 9.64. The average molecular weight is 428 g/mol. The molecular formula is C25H30FNO4. The first kappa shape index (κ1) is 19.6. The van der Waals surface area contributed by atoms with Gasteiger partial charge in [0.2, 0.25) is 0 Å². The topological polar surface area (TPSA) is 66.8 Å². The third kappa shape index (κ3) is 3.16. The SMILES string of the molecule is O=C(O)C1CCCN1C(=O)c1cc(C2CC2)c(OCC23CC4CC(CC2C4)C3)cc1F. The van der Waals surface area contributed by atoms with Crippen molar-refractivity contribution in [2.45, 2.75) is 69.7 Å². The molecule has 0 aromatic heterocycles. The molecule has 1 N–H and O–H groups in total. The van der Waals surface area contributed by atoms with Crippen molar-refractivity contribution >= 4 is 11.9 Å². The monoisotopic (exact) mass is 427 g/mol. The molecule has 6 aliphatic rings. The molecule has 31 heavy (non-hydrogen) atoms. The van der Waals surface area contributed by atoms with Crippen LogP contribution in [-0.4, -0.2) is 41.1 Å². The van der Waals surface area contributed by atoms with Crippen LogP contribution < -0.4 is 4.74 Å². The Hall–Kier alpha value is -2.11. The van der Waals surface area contributed by atoms with E-state index in [1.165, 1.54) is 43.1 Å². The second-order valence-electron chi connectivity index (χ2n) is 10.8. The highest BCUT2D eigenvalue weighted by atomic mass is 19.1. The number of carbonyl (C=O) groups excluding carboxylic acids is 1. The summed E-state index contributed by atoms with van der Waals surface area (Å²) in [4.78, 5) is 25.8. The highest BCUT2D eigenvalue weighted by Crippen LogP contribution is 2.65. The van der Waals surface area contributed by atoms with Gasteiger partial charge in [0.05, 0.1) is 12.2 Å². The van der Waals surface area contributed by atoms with Crippen LogP contribution in [0.25, 0.3) is 0 Å². The van der Waals surface area contributed by atoms with Crippen LogP contribution in [0, 0.1) is 29.0 Å². The number of amides is 1. The van der Waals surface area contributed by atoms with Crippen LogP contribution in [-0.2, 0) is 4.79 Å². The Morgan fingerprint density at radius 3 is 2.55 bits per heavy atom. The van der Waals surface area contributed by atoms with Gasteiger partial charge in [0.1, 0.15) is 17.6 Å². The number of carboxylic acids is 1. The molecule has 3 atom stereocenters. The van der Waals surface area contributed by atoms with Crippen LogP contribution in [0.4, 0.5) is 4.39 Å². The Labute approximate surface area is 181 Å². The third-order valence-electron chi connectivity index (χ3n) is 8.82. The second-order valence-corrected chi connectivity index (χ2v) is 10.8. The summed E-state index contributed by atoms with van der Waals surface area (Å²) >= 11 is 0. The molecule has 5 aliphatic carbocycles. The zero-order valence-electron chi connectivity index (χ0n) is 17.8. The molecule has 1 aliphatic heterocycles. The van der Waals surface area contributed by atoms with Crippen LogP contribution in [0.15, 0.2) is 12.1 Å². The standard InChI is InChI=1S/C25H30FNO4/c26-20-10-22(31-13-25-11-14-6-15(12-25)8-17(25)7-14)18(16-3-4-16)9-19(20)23(28)27-5-1-2-21(27)24(29)30/h9-10,14-17,21H,1-8,11-13H2,(H,29,30). The minimum Gasteiger partial charge on any atom is -0.493 e. The maximum atomic E-state index is 15.1. The normalized spacial score (nSPS) is 35.7. The van der Waals surface area contributed by atoms with Crippen molar-refractivity contribution in [1.29, 1.82) is 0 Å². The largest absolute Gasteiger partial charge is 0.493 e. The Bertz CT molecular complexity index is 928. The van der Waals surface area contributed by atoms with Crippen molar-refractivity contribution < 1.29 is 23.8 Å². The minimum atomic E-state index is -1.02. The molecular weight excluding hydrogens is 397 g/mol. The number of nitrogens with zero attached hydrogens (tertiary/aromatic N) is 1. The molecule has 166 valence electrons. The van der Waals surface area contributed by atoms with E-state index in [4.69, 9.17) is 4.74 Å². The minimum absolute atomic E-state index is 0.0126. The molecule has 0 radical (unpaired) electrons. The number of benzene rings is 1. The third-order valence-corrected chi connectivity index (χ3v) is 8.82. The summed E-state index contributed by atoms with van der Waals surface area (Å²) in [6.45, 7) is 1.02. The van der Waals surface area contributed by atoms with E-state index in [0.717, 1.165) is 36.2 Å². The number of carbonyl (C=O) groups is 2. The van der Waals surface area contributed by atoms with Crippen molar-refractivity contribution in [3.63, 3.8) is 0 Å². The molecule has 0 spiro atoms. The smallest absolute Gasteiger partial charge is 0.326 e. The lowest BCUT2D eigenvalue weighted by atomic mass is 9.76. The van der Waals surface area contributed by atoms with E-state index in [-0.39, 0.29) is 11.0 Å². The lowest BCUT2D eigenvalue weighted by Gasteiger charge is -2.33. The quantitative estimate of drug-likeness (QED) is 0.721. The van der Waals surface area contributed by atoms with Gasteiger partial charge in [-0.2, -0.15) is 0 Å². The van der Waals surface area contributed by atoms with Crippen LogP contribution >= 0.6 is 0 Å². The summed E-state index contributed by atoms with van der Waals surface area (Å²) < 4.78 is 21.4. The summed E-state index contributed by atoms with van der Waals surface area (Å²) in [7, 11) is 0. The number of hydrogen-bond donors (Lipinski definition) is 1. The van der Waals surface area contributed by atoms with Gasteiger partial charge in [0.25, 0.3) is 5.91 Å². The van der Waals surface area contributed by atoms with E-state index >= 15 is 4.39 Å². The number of ether oxygens (including phenoxy) is 1. The predicted octanol–water partition coefficient (Wildman–Crippen LogP) is 4.60. The summed E-state index contributed by atoms with van der Waals surface area (Å²) in [5, 5.41) is 9.41. The van der Waals surface area contributed by atoms with E-state index in [0.29, 0.717) is 37.7 Å². The van der Waals surface area contributed by atoms with Crippen molar-refractivity contribution in [2.75, 3.05) is 13.2 Å². The van der Waals surface area contributed by atoms with Crippen molar-refractivity contribution in [3.05, 3.63) is 29.1 Å². The Balaban J connectivity index is 1.25. The van der Waals surface area contributed by atoms with Gasteiger partial charge in [-0.3, -0.25) is 4.79 Å². The molecule has 6 fully saturated rings. The fraction of sp³-hybridized carbons (Fsp3) is 0.680. The van der Waals surface area contributed by atoms with Gasteiger partial charge in [-0.05, 0) is 93.1 Å². The van der Waals surface area contributed by atoms with Gasteiger partial charge < -0.3 is 14.7 Å². The van der Waals surface area contributed by atoms with Gasteiger partial charge in [-0.15, -0.1) is 0 Å². The molecule has 1 aromatic rings. The fourth-order valence-corrected chi connectivity index (χ4v) is 7.42. The lowest BCUT2D eigenvalue weighted by molar-refractivity contribution is -0.141. The Morgan fingerprint density at radius 1 is 1.13 bits per heavy atom. The molecule has 5 nitrogen and oxygen atoms in total. The van der Waals surface area contributed by atoms with E-state index in [2.05, 4.69) is 0 Å². The van der Waals surface area contributed by atoms with Gasteiger partial charge in [0.15, 0.2) is 0 Å². The average Bonchev–Trinajstić information content (AvgIpc) is 3.32. The second kappa shape index (κ2) is 6.94. The maximum Gasteiger partial charge on any atom is 0.326 e. The number of halogens is 1. The Kier molecular flexibility index (Phi) is 4.38. The van der Waals surface area contributed by atoms with Gasteiger partial charge in [-0.25, -0.2) is 9.18 Å². The first-order valence-corrected chi connectivity index (χ1v) is 11.9. The van der Waals surface area contributed by atoms with E-state index in [1.54, 1.807) is 6.07 Å². The summed E-state index contributed by atoms with van der Waals surface area (Å²) in [6, 6.07) is 2.18. The molecule has 1 aromatic carbocycles. The molecule has 1 heterocycles. The molecule has 6 heteroatoms. The van der Waals surface area contributed by atoms with E-state index in [9.17, 15) is 14.7 Å². The predicted molar refractivity (Wildman–Crippen MR) is 112 cm³/mol. The molecule has 1 saturated heterocycles. The molecule has 1 amide bonds. The fourth-order valence-electron chi connectivity index (χ4n) is 7.42. The van der Waals surface area contributed by atoms with Gasteiger partial charge in [0, 0.05) is 18.0 Å². The summed E-state index contributed by atoms with van der Waals surface area (Å²) in [5.41, 5.74) is 1.18. The van der Waals surface area contributed by atoms with Crippen LogP contribution in [0.2, 0.25) is 0 Å². The number of hydrogen-bond acceptors (Lipinski definition) is 3. The number of aliphatic carboxylic acids is 1. The van der Waals surface area contributed by atoms with Crippen molar-refractivity contribution in [2.24, 2.45) is 23.2 Å². The number of likely N-dealkylation sites (tertiary alicyclic amines) is 1. The van der Waals surface area contributed by atoms with E-state index in [1.807, 2.05) is 0 Å². The molecule has 4 bridgehead atoms. The summed E-state index contributed by atoms with van der Waals surface area (Å²) in [5.74, 6) is 1.23. The lowest BCUT2D eigenvalue weighted by Crippen LogP contribution is -2.40. The molecule has 5 saturated carbocycles. The van der Waals surface area contributed by atoms with Crippen LogP contribution in [0.3, 0.4) is 0 Å². The van der Waals surface area contributed by atoms with Crippen LogP contribution in [0.1, 0.15) is 79.6 Å². The first-order chi connectivity index (χ1) is 14.9. The first-order valence-electron chi connectivity index (χ1n) is 11.9. The van der Waals surface area contributed by atoms with E-state index < -0.39 is 23.7 Å². The highest BCUT2D eigenvalue weighted by Gasteiger charge is 2.58. The highest BCUT2D eigenvalue weighted by molar-refractivity contribution is 5.97. The zero-order chi connectivity index (χ0) is 21.3. The van der Waals surface area contributed by atoms with Gasteiger partial charge >= 0.3 is 5.97 Å². The number of carboxylic acid groups (broad SMARTS) is 1. The maximum absolute atomic E-state index is 15.1. The van der Waals surface area contributed by atoms with Crippen LogP contribution in [0.5, 0.6) is 5.75 Å². The Morgan fingerprint density at radius 2 is 1.87 bits per heavy atom.